The van der Waals surface area contributed by atoms with Gasteiger partial charge in [-0.2, -0.15) is 0 Å². The van der Waals surface area contributed by atoms with Crippen LogP contribution in [0.25, 0.3) is 10.6 Å². The highest BCUT2D eigenvalue weighted by Gasteiger charge is 2.13. The second-order valence-corrected chi connectivity index (χ2v) is 6.95. The molecule has 1 heterocycles. The Morgan fingerprint density at radius 3 is 2.78 bits per heavy atom. The molecule has 1 N–H and O–H groups in total. The van der Waals surface area contributed by atoms with Crippen LogP contribution in [-0.4, -0.2) is 27.6 Å². The molecule has 2 aromatic carbocycles. The highest BCUT2D eigenvalue weighted by Crippen LogP contribution is 2.29. The number of halogens is 2. The van der Waals surface area contributed by atoms with Crippen LogP contribution in [0.15, 0.2) is 42.5 Å². The molecule has 0 aliphatic carbocycles. The van der Waals surface area contributed by atoms with Gasteiger partial charge in [-0.05, 0) is 18.2 Å². The number of nitro benzene ring substituents is 1. The van der Waals surface area contributed by atoms with E-state index in [9.17, 15) is 14.9 Å². The SMILES string of the molecule is O=C(COc1ccc(Cl)cc1Cl)Nc1nnc(-c2cccc([N+](=O)[O-])c2)s1. The molecule has 138 valence electrons. The molecular formula is C16H10Cl2N4O4S. The summed E-state index contributed by atoms with van der Waals surface area (Å²) in [5.41, 5.74) is 0.480. The first-order valence-electron chi connectivity index (χ1n) is 7.38. The number of hydrogen-bond donors (Lipinski definition) is 1. The maximum atomic E-state index is 12.0. The number of carbonyl (C=O) groups is 1. The lowest BCUT2D eigenvalue weighted by Gasteiger charge is -2.07. The summed E-state index contributed by atoms with van der Waals surface area (Å²) in [4.78, 5) is 22.4. The third-order valence-corrected chi connectivity index (χ3v) is 4.65. The lowest BCUT2D eigenvalue weighted by molar-refractivity contribution is -0.384. The molecule has 1 aromatic heterocycles. The Labute approximate surface area is 166 Å². The van der Waals surface area contributed by atoms with Crippen molar-refractivity contribution in [3.63, 3.8) is 0 Å². The molecule has 11 heteroatoms. The third kappa shape index (κ3) is 4.91. The van der Waals surface area contributed by atoms with Gasteiger partial charge in [0.25, 0.3) is 11.6 Å². The van der Waals surface area contributed by atoms with Crippen molar-refractivity contribution in [3.05, 3.63) is 62.6 Å². The summed E-state index contributed by atoms with van der Waals surface area (Å²) in [6.07, 6.45) is 0. The molecular weight excluding hydrogens is 415 g/mol. The van der Waals surface area contributed by atoms with Crippen molar-refractivity contribution in [1.82, 2.24) is 10.2 Å². The van der Waals surface area contributed by atoms with Crippen molar-refractivity contribution in [1.29, 1.82) is 0 Å². The fourth-order valence-corrected chi connectivity index (χ4v) is 3.25. The molecule has 0 radical (unpaired) electrons. The summed E-state index contributed by atoms with van der Waals surface area (Å²) in [7, 11) is 0. The number of anilines is 1. The van der Waals surface area contributed by atoms with Gasteiger partial charge in [-0.3, -0.25) is 20.2 Å². The Morgan fingerprint density at radius 1 is 1.22 bits per heavy atom. The number of rotatable bonds is 6. The van der Waals surface area contributed by atoms with Crippen molar-refractivity contribution < 1.29 is 14.5 Å². The van der Waals surface area contributed by atoms with Crippen LogP contribution in [-0.2, 0) is 4.79 Å². The second kappa shape index (κ2) is 8.30. The van der Waals surface area contributed by atoms with E-state index < -0.39 is 10.8 Å². The number of nitrogens with one attached hydrogen (secondary N) is 1. The van der Waals surface area contributed by atoms with Gasteiger partial charge in [-0.15, -0.1) is 10.2 Å². The third-order valence-electron chi connectivity index (χ3n) is 3.23. The van der Waals surface area contributed by atoms with Crippen LogP contribution in [0.2, 0.25) is 10.0 Å². The molecule has 0 fully saturated rings. The van der Waals surface area contributed by atoms with Gasteiger partial charge >= 0.3 is 0 Å². The smallest absolute Gasteiger partial charge is 0.270 e. The van der Waals surface area contributed by atoms with Crippen LogP contribution < -0.4 is 10.1 Å². The fraction of sp³-hybridized carbons (Fsp3) is 0.0625. The predicted octanol–water partition coefficient (Wildman–Crippen LogP) is 4.44. The zero-order chi connectivity index (χ0) is 19.4. The molecule has 8 nitrogen and oxygen atoms in total. The Morgan fingerprint density at radius 2 is 2.04 bits per heavy atom. The van der Waals surface area contributed by atoms with Crippen LogP contribution in [0.3, 0.4) is 0 Å². The molecule has 1 amide bonds. The quantitative estimate of drug-likeness (QED) is 0.462. The monoisotopic (exact) mass is 424 g/mol. The van der Waals surface area contributed by atoms with Crippen molar-refractivity contribution in [2.24, 2.45) is 0 Å². The highest BCUT2D eigenvalue weighted by molar-refractivity contribution is 7.18. The van der Waals surface area contributed by atoms with Crippen LogP contribution in [0.1, 0.15) is 0 Å². The Kier molecular flexibility index (Phi) is 5.84. The van der Waals surface area contributed by atoms with E-state index in [-0.39, 0.29) is 17.4 Å². The van der Waals surface area contributed by atoms with E-state index in [1.165, 1.54) is 18.2 Å². The number of aromatic nitrogens is 2. The molecule has 0 saturated heterocycles. The summed E-state index contributed by atoms with van der Waals surface area (Å²) < 4.78 is 5.34. The molecule has 0 aliphatic heterocycles. The van der Waals surface area contributed by atoms with Crippen LogP contribution in [0.4, 0.5) is 10.8 Å². The minimum atomic E-state index is -0.494. The second-order valence-electron chi connectivity index (χ2n) is 5.13. The Balaban J connectivity index is 1.62. The average Bonchev–Trinajstić information content (AvgIpc) is 3.09. The first-order chi connectivity index (χ1) is 12.9. The average molecular weight is 425 g/mol. The van der Waals surface area contributed by atoms with Gasteiger partial charge in [0.05, 0.1) is 9.95 Å². The van der Waals surface area contributed by atoms with Crippen LogP contribution in [0, 0.1) is 10.1 Å². The number of amides is 1. The van der Waals surface area contributed by atoms with E-state index in [1.54, 1.807) is 24.3 Å². The number of non-ortho nitro benzene ring substituents is 1. The largest absolute Gasteiger partial charge is 0.482 e. The number of carbonyl (C=O) groups excluding carboxylic acids is 1. The van der Waals surface area contributed by atoms with Crippen molar-refractivity contribution in [2.75, 3.05) is 11.9 Å². The van der Waals surface area contributed by atoms with Crippen molar-refractivity contribution in [2.45, 2.75) is 0 Å². The number of ether oxygens (including phenoxy) is 1. The van der Waals surface area contributed by atoms with Gasteiger partial charge in [-0.1, -0.05) is 46.7 Å². The highest BCUT2D eigenvalue weighted by atomic mass is 35.5. The predicted molar refractivity (Wildman–Crippen MR) is 103 cm³/mol. The lowest BCUT2D eigenvalue weighted by atomic mass is 10.2. The van der Waals surface area contributed by atoms with Gasteiger partial charge in [-0.25, -0.2) is 0 Å². The molecule has 0 atom stereocenters. The van der Waals surface area contributed by atoms with E-state index >= 15 is 0 Å². The first-order valence-corrected chi connectivity index (χ1v) is 8.95. The van der Waals surface area contributed by atoms with Gasteiger partial charge < -0.3 is 4.74 Å². The topological polar surface area (TPSA) is 107 Å². The summed E-state index contributed by atoms with van der Waals surface area (Å²) in [6.45, 7) is -0.285. The summed E-state index contributed by atoms with van der Waals surface area (Å²) >= 11 is 12.9. The molecule has 0 unspecified atom stereocenters. The summed E-state index contributed by atoms with van der Waals surface area (Å²) in [5.74, 6) is -0.131. The maximum Gasteiger partial charge on any atom is 0.270 e. The van der Waals surface area contributed by atoms with E-state index in [4.69, 9.17) is 27.9 Å². The minimum absolute atomic E-state index is 0.0541. The number of nitrogens with zero attached hydrogens (tertiary/aromatic N) is 3. The van der Waals surface area contributed by atoms with E-state index in [1.807, 2.05) is 0 Å². The van der Waals surface area contributed by atoms with Crippen LogP contribution >= 0.6 is 34.5 Å². The molecule has 0 aliphatic rings. The number of hydrogen-bond acceptors (Lipinski definition) is 7. The summed E-state index contributed by atoms with van der Waals surface area (Å²) in [5, 5.41) is 22.6. The first kappa shape index (κ1) is 19.0. The Bertz CT molecular complexity index is 1010. The molecule has 0 saturated carbocycles. The number of nitro groups is 1. The van der Waals surface area contributed by atoms with E-state index in [0.29, 0.717) is 26.4 Å². The lowest BCUT2D eigenvalue weighted by Crippen LogP contribution is -2.20. The van der Waals surface area contributed by atoms with Gasteiger partial charge in [0.1, 0.15) is 10.8 Å². The fourth-order valence-electron chi connectivity index (χ4n) is 2.03. The molecule has 0 spiro atoms. The normalized spacial score (nSPS) is 10.4. The van der Waals surface area contributed by atoms with Gasteiger partial charge in [0.2, 0.25) is 5.13 Å². The minimum Gasteiger partial charge on any atom is -0.482 e. The summed E-state index contributed by atoms with van der Waals surface area (Å²) in [6, 6.07) is 10.7. The van der Waals surface area contributed by atoms with Gasteiger partial charge in [0, 0.05) is 22.7 Å². The molecule has 27 heavy (non-hydrogen) atoms. The van der Waals surface area contributed by atoms with E-state index in [0.717, 1.165) is 11.3 Å². The zero-order valence-corrected chi connectivity index (χ0v) is 15.7. The van der Waals surface area contributed by atoms with E-state index in [2.05, 4.69) is 15.5 Å². The Hall–Kier alpha value is -2.75. The standard InChI is InChI=1S/C16H10Cl2N4O4S/c17-10-4-5-13(12(18)7-10)26-8-14(23)19-16-21-20-15(27-16)9-2-1-3-11(6-9)22(24)25/h1-7H,8H2,(H,19,21,23). The van der Waals surface area contributed by atoms with Crippen molar-refractivity contribution >= 4 is 51.3 Å². The maximum absolute atomic E-state index is 12.0. The van der Waals surface area contributed by atoms with Crippen molar-refractivity contribution in [3.8, 4) is 16.3 Å². The number of benzene rings is 2. The molecule has 3 aromatic rings. The molecule has 0 bridgehead atoms. The van der Waals surface area contributed by atoms with Crippen LogP contribution in [0.5, 0.6) is 5.75 Å². The molecule has 3 rings (SSSR count). The zero-order valence-electron chi connectivity index (χ0n) is 13.4. The van der Waals surface area contributed by atoms with Gasteiger partial charge in [0.15, 0.2) is 6.61 Å².